The Balaban J connectivity index is 1.45. The second-order valence-corrected chi connectivity index (χ2v) is 6.83. The van der Waals surface area contributed by atoms with E-state index in [4.69, 9.17) is 0 Å². The lowest BCUT2D eigenvalue weighted by Gasteiger charge is -2.25. The molecule has 2 heterocycles. The third kappa shape index (κ3) is 3.49. The molecule has 0 amide bonds. The summed E-state index contributed by atoms with van der Waals surface area (Å²) in [6.45, 7) is 1.85. The predicted octanol–water partition coefficient (Wildman–Crippen LogP) is 3.69. The number of benzene rings is 1. The molecule has 1 unspecified atom stereocenters. The lowest BCUT2D eigenvalue weighted by molar-refractivity contribution is 0.507. The van der Waals surface area contributed by atoms with Crippen LogP contribution in [-0.2, 0) is 20.0 Å². The molecule has 4 nitrogen and oxygen atoms in total. The van der Waals surface area contributed by atoms with Crippen molar-refractivity contribution in [2.24, 2.45) is 7.05 Å². The molecule has 0 fully saturated rings. The third-order valence-electron chi connectivity index (χ3n) is 5.06. The quantitative estimate of drug-likeness (QED) is 0.775. The summed E-state index contributed by atoms with van der Waals surface area (Å²) in [6.07, 6.45) is 9.53. The number of aromatic nitrogens is 3. The van der Waals surface area contributed by atoms with Crippen LogP contribution in [0.1, 0.15) is 35.4 Å². The maximum atomic E-state index is 4.63. The summed E-state index contributed by atoms with van der Waals surface area (Å²) in [4.78, 5) is 4.10. The van der Waals surface area contributed by atoms with Crippen molar-refractivity contribution in [3.05, 3.63) is 71.7 Å². The van der Waals surface area contributed by atoms with Gasteiger partial charge in [0.1, 0.15) is 0 Å². The molecule has 1 aliphatic carbocycles. The fourth-order valence-corrected chi connectivity index (χ4v) is 3.87. The van der Waals surface area contributed by atoms with E-state index in [0.717, 1.165) is 24.3 Å². The van der Waals surface area contributed by atoms with Gasteiger partial charge >= 0.3 is 0 Å². The largest absolute Gasteiger partial charge is 0.312 e. The first kappa shape index (κ1) is 16.0. The topological polar surface area (TPSA) is 42.7 Å². The van der Waals surface area contributed by atoms with Crippen molar-refractivity contribution in [3.63, 3.8) is 0 Å². The van der Waals surface area contributed by atoms with Gasteiger partial charge in [-0.15, -0.1) is 0 Å². The summed E-state index contributed by atoms with van der Waals surface area (Å²) in [5, 5.41) is 8.30. The second kappa shape index (κ2) is 7.19. The average Bonchev–Trinajstić information content (AvgIpc) is 3.03. The summed E-state index contributed by atoms with van der Waals surface area (Å²) in [5.74, 6) is 0.617. The van der Waals surface area contributed by atoms with Crippen molar-refractivity contribution < 1.29 is 0 Å². The van der Waals surface area contributed by atoms with Crippen molar-refractivity contribution in [1.82, 2.24) is 20.1 Å². The van der Waals surface area contributed by atoms with Gasteiger partial charge < -0.3 is 5.32 Å². The molecular formula is C21H24N4. The van der Waals surface area contributed by atoms with Crippen LogP contribution in [0.3, 0.4) is 0 Å². The van der Waals surface area contributed by atoms with Crippen molar-refractivity contribution in [1.29, 1.82) is 0 Å². The average molecular weight is 332 g/mol. The highest BCUT2D eigenvalue weighted by Crippen LogP contribution is 2.31. The van der Waals surface area contributed by atoms with Crippen LogP contribution >= 0.6 is 0 Å². The lowest BCUT2D eigenvalue weighted by Crippen LogP contribution is -2.24. The highest BCUT2D eigenvalue weighted by atomic mass is 15.3. The van der Waals surface area contributed by atoms with Gasteiger partial charge in [0.15, 0.2) is 0 Å². The summed E-state index contributed by atoms with van der Waals surface area (Å²) < 4.78 is 1.89. The zero-order valence-electron chi connectivity index (χ0n) is 14.7. The first-order valence-electron chi connectivity index (χ1n) is 9.02. The van der Waals surface area contributed by atoms with E-state index < -0.39 is 0 Å². The molecule has 4 heteroatoms. The molecule has 0 bridgehead atoms. The van der Waals surface area contributed by atoms with Crippen LogP contribution in [-0.4, -0.2) is 21.3 Å². The first-order valence-corrected chi connectivity index (χ1v) is 9.02. The van der Waals surface area contributed by atoms with Crippen LogP contribution in [0.25, 0.3) is 11.3 Å². The molecule has 0 radical (unpaired) electrons. The Morgan fingerprint density at radius 1 is 1.16 bits per heavy atom. The number of nitrogens with zero attached hydrogens (tertiary/aromatic N) is 3. The molecule has 128 valence electrons. The van der Waals surface area contributed by atoms with Crippen LogP contribution in [0.15, 0.2) is 55.0 Å². The lowest BCUT2D eigenvalue weighted by atomic mass is 9.83. The van der Waals surface area contributed by atoms with Crippen LogP contribution in [0.2, 0.25) is 0 Å². The fourth-order valence-electron chi connectivity index (χ4n) is 3.87. The van der Waals surface area contributed by atoms with Gasteiger partial charge in [-0.2, -0.15) is 5.10 Å². The molecule has 25 heavy (non-hydrogen) atoms. The molecule has 4 rings (SSSR count). The number of aryl methyl sites for hydroxylation is 2. The van der Waals surface area contributed by atoms with Gasteiger partial charge in [0, 0.05) is 49.9 Å². The van der Waals surface area contributed by atoms with Gasteiger partial charge in [0.25, 0.3) is 0 Å². The number of hydrogen-bond acceptors (Lipinski definition) is 3. The van der Waals surface area contributed by atoms with Gasteiger partial charge in [-0.3, -0.25) is 9.67 Å². The predicted molar refractivity (Wildman–Crippen MR) is 100 cm³/mol. The molecule has 0 saturated carbocycles. The number of rotatable bonds is 5. The van der Waals surface area contributed by atoms with E-state index >= 15 is 0 Å². The van der Waals surface area contributed by atoms with Crippen molar-refractivity contribution >= 4 is 0 Å². The van der Waals surface area contributed by atoms with Gasteiger partial charge in [-0.1, -0.05) is 24.3 Å². The number of pyridine rings is 1. The summed E-state index contributed by atoms with van der Waals surface area (Å²) in [7, 11) is 1.98. The molecule has 2 aromatic heterocycles. The molecule has 0 spiro atoms. The molecule has 0 saturated heterocycles. The van der Waals surface area contributed by atoms with E-state index in [1.54, 1.807) is 0 Å². The highest BCUT2D eigenvalue weighted by Gasteiger charge is 2.19. The zero-order chi connectivity index (χ0) is 17.1. The monoisotopic (exact) mass is 332 g/mol. The van der Waals surface area contributed by atoms with E-state index in [1.165, 1.54) is 36.0 Å². The van der Waals surface area contributed by atoms with Gasteiger partial charge in [0.2, 0.25) is 0 Å². The minimum Gasteiger partial charge on any atom is -0.312 e. The smallest absolute Gasteiger partial charge is 0.0969 e. The maximum absolute atomic E-state index is 4.63. The first-order chi connectivity index (χ1) is 12.3. The second-order valence-electron chi connectivity index (χ2n) is 6.83. The van der Waals surface area contributed by atoms with Crippen molar-refractivity contribution in [2.75, 3.05) is 6.54 Å². The van der Waals surface area contributed by atoms with E-state index in [2.05, 4.69) is 45.9 Å². The molecule has 1 aromatic carbocycles. The molecule has 1 aliphatic rings. The minimum absolute atomic E-state index is 0.617. The Bertz CT molecular complexity index is 838. The van der Waals surface area contributed by atoms with Gasteiger partial charge in [-0.05, 0) is 48.4 Å². The number of hydrogen-bond donors (Lipinski definition) is 1. The molecular weight excluding hydrogens is 308 g/mol. The Morgan fingerprint density at radius 2 is 2.00 bits per heavy atom. The minimum atomic E-state index is 0.617. The van der Waals surface area contributed by atoms with Crippen LogP contribution in [0, 0.1) is 0 Å². The molecule has 0 aliphatic heterocycles. The summed E-state index contributed by atoms with van der Waals surface area (Å²) in [5.41, 5.74) is 6.45. The molecule has 1 atom stereocenters. The fraction of sp³-hybridized carbons (Fsp3) is 0.333. The zero-order valence-corrected chi connectivity index (χ0v) is 14.7. The van der Waals surface area contributed by atoms with Gasteiger partial charge in [-0.25, -0.2) is 0 Å². The van der Waals surface area contributed by atoms with E-state index in [-0.39, 0.29) is 0 Å². The highest BCUT2D eigenvalue weighted by molar-refractivity contribution is 5.61. The number of fused-ring (bicyclic) bond motifs is 1. The third-order valence-corrected chi connectivity index (χ3v) is 5.06. The van der Waals surface area contributed by atoms with E-state index in [1.807, 2.05) is 36.3 Å². The van der Waals surface area contributed by atoms with Crippen LogP contribution in [0.4, 0.5) is 0 Å². The van der Waals surface area contributed by atoms with Crippen molar-refractivity contribution in [2.45, 2.75) is 31.7 Å². The van der Waals surface area contributed by atoms with Crippen LogP contribution in [0.5, 0.6) is 0 Å². The SMILES string of the molecule is Cn1cc(CNCC2CCCc3ccccc32)c(-c2ccncc2)n1. The van der Waals surface area contributed by atoms with E-state index in [9.17, 15) is 0 Å². The molecule has 1 N–H and O–H groups in total. The normalized spacial score (nSPS) is 16.6. The maximum Gasteiger partial charge on any atom is 0.0969 e. The van der Waals surface area contributed by atoms with Gasteiger partial charge in [0.05, 0.1) is 5.69 Å². The summed E-state index contributed by atoms with van der Waals surface area (Å²) >= 11 is 0. The number of nitrogens with one attached hydrogen (secondary N) is 1. The Labute approximate surface area is 148 Å². The Hall–Kier alpha value is -2.46. The molecule has 3 aromatic rings. The van der Waals surface area contributed by atoms with Crippen LogP contribution < -0.4 is 5.32 Å². The summed E-state index contributed by atoms with van der Waals surface area (Å²) in [6, 6.07) is 12.9. The van der Waals surface area contributed by atoms with E-state index in [0.29, 0.717) is 5.92 Å². The van der Waals surface area contributed by atoms with Crippen molar-refractivity contribution in [3.8, 4) is 11.3 Å². The standard InChI is InChI=1S/C21H24N4/c1-25-15-19(21(24-25)17-9-11-22-12-10-17)14-23-13-18-7-4-6-16-5-2-3-8-20(16)18/h2-3,5,8-12,15,18,23H,4,6-7,13-14H2,1H3. The Kier molecular flexibility index (Phi) is 4.61. The Morgan fingerprint density at radius 3 is 2.88 bits per heavy atom.